The van der Waals surface area contributed by atoms with Gasteiger partial charge in [-0.05, 0) is 25.2 Å². The average molecular weight is 231 g/mol. The Hall–Kier alpha value is 0.150. The van der Waals surface area contributed by atoms with E-state index in [0.717, 1.165) is 19.3 Å². The lowest BCUT2D eigenvalue weighted by molar-refractivity contribution is -0.127. The van der Waals surface area contributed by atoms with E-state index in [1.807, 2.05) is 0 Å². The van der Waals surface area contributed by atoms with Crippen LogP contribution in [0.15, 0.2) is 0 Å². The van der Waals surface area contributed by atoms with Gasteiger partial charge >= 0.3 is 0 Å². The second-order valence-electron chi connectivity index (χ2n) is 4.08. The van der Waals surface area contributed by atoms with Crippen LogP contribution < -0.4 is 0 Å². The quantitative estimate of drug-likeness (QED) is 0.586. The molecule has 0 radical (unpaired) electrons. The number of hydrogen-bond acceptors (Lipinski definition) is 1. The molecule has 2 fully saturated rings. The Kier molecular flexibility index (Phi) is 2.54. The molecular formula is C10H15BrO. The van der Waals surface area contributed by atoms with E-state index >= 15 is 0 Å². The van der Waals surface area contributed by atoms with Crippen LogP contribution >= 0.6 is 15.9 Å². The molecule has 3 atom stereocenters. The van der Waals surface area contributed by atoms with Crippen LogP contribution in [0.3, 0.4) is 0 Å². The molecular weight excluding hydrogens is 216 g/mol. The molecule has 0 amide bonds. The number of alkyl halides is 1. The lowest BCUT2D eigenvalue weighted by Crippen LogP contribution is -2.37. The van der Waals surface area contributed by atoms with Gasteiger partial charge in [0.05, 0.1) is 0 Å². The summed E-state index contributed by atoms with van der Waals surface area (Å²) >= 11 is 3.71. The molecule has 2 aliphatic rings. The summed E-state index contributed by atoms with van der Waals surface area (Å²) < 4.78 is 0. The Balaban J connectivity index is 2.11. The van der Waals surface area contributed by atoms with Gasteiger partial charge < -0.3 is 0 Å². The number of ketones is 1. The lowest BCUT2D eigenvalue weighted by Gasteiger charge is -2.37. The predicted octanol–water partition coefficient (Wildman–Crippen LogP) is 2.92. The number of carbonyl (C=O) groups excluding carboxylic acids is 1. The van der Waals surface area contributed by atoms with Gasteiger partial charge in [0.25, 0.3) is 0 Å². The fourth-order valence-corrected chi connectivity index (χ4v) is 3.53. The van der Waals surface area contributed by atoms with Crippen LogP contribution in [0.1, 0.15) is 38.5 Å². The smallest absolute Gasteiger partial charge is 0.136 e. The summed E-state index contributed by atoms with van der Waals surface area (Å²) in [5.74, 6) is 1.62. The highest BCUT2D eigenvalue weighted by Crippen LogP contribution is 2.41. The van der Waals surface area contributed by atoms with E-state index in [2.05, 4.69) is 15.9 Å². The van der Waals surface area contributed by atoms with Gasteiger partial charge in [0, 0.05) is 17.2 Å². The minimum Gasteiger partial charge on any atom is -0.299 e. The first-order chi connectivity index (χ1) is 5.79. The van der Waals surface area contributed by atoms with Crippen molar-refractivity contribution in [2.45, 2.75) is 43.4 Å². The maximum atomic E-state index is 11.6. The summed E-state index contributed by atoms with van der Waals surface area (Å²) in [5.41, 5.74) is 0. The molecule has 0 aliphatic heterocycles. The highest BCUT2D eigenvalue weighted by molar-refractivity contribution is 9.09. The predicted molar refractivity (Wildman–Crippen MR) is 52.4 cm³/mol. The van der Waals surface area contributed by atoms with E-state index in [-0.39, 0.29) is 0 Å². The van der Waals surface area contributed by atoms with Crippen molar-refractivity contribution in [2.24, 2.45) is 11.8 Å². The monoisotopic (exact) mass is 230 g/mol. The van der Waals surface area contributed by atoms with Crippen LogP contribution in [0.25, 0.3) is 0 Å². The standard InChI is InChI=1S/C10H15BrO/c11-9-5-6-10(12)8-4-2-1-3-7(8)9/h7-9H,1-6H2/t7-,8-,9+/m0/s1. The van der Waals surface area contributed by atoms with E-state index in [9.17, 15) is 4.79 Å². The van der Waals surface area contributed by atoms with Crippen LogP contribution in [-0.2, 0) is 4.79 Å². The van der Waals surface area contributed by atoms with Crippen LogP contribution in [-0.4, -0.2) is 10.6 Å². The first-order valence-electron chi connectivity index (χ1n) is 4.96. The van der Waals surface area contributed by atoms with Crippen molar-refractivity contribution in [1.29, 1.82) is 0 Å². The molecule has 0 aromatic carbocycles. The fraction of sp³-hybridized carbons (Fsp3) is 0.900. The highest BCUT2D eigenvalue weighted by Gasteiger charge is 2.38. The van der Waals surface area contributed by atoms with E-state index in [1.165, 1.54) is 19.3 Å². The number of carbonyl (C=O) groups is 1. The maximum Gasteiger partial charge on any atom is 0.136 e. The van der Waals surface area contributed by atoms with E-state index < -0.39 is 0 Å². The number of halogens is 1. The first-order valence-corrected chi connectivity index (χ1v) is 5.87. The third-order valence-electron chi connectivity index (χ3n) is 3.36. The zero-order chi connectivity index (χ0) is 8.55. The normalized spacial score (nSPS) is 42.4. The van der Waals surface area contributed by atoms with Gasteiger partial charge in [-0.15, -0.1) is 0 Å². The Morgan fingerprint density at radius 1 is 1.17 bits per heavy atom. The highest BCUT2D eigenvalue weighted by atomic mass is 79.9. The van der Waals surface area contributed by atoms with Crippen molar-refractivity contribution < 1.29 is 4.79 Å². The Bertz CT molecular complexity index is 190. The molecule has 0 aromatic rings. The topological polar surface area (TPSA) is 17.1 Å². The summed E-state index contributed by atoms with van der Waals surface area (Å²) in [6, 6.07) is 0. The molecule has 2 heteroatoms. The largest absolute Gasteiger partial charge is 0.299 e. The van der Waals surface area contributed by atoms with Crippen LogP contribution in [0.2, 0.25) is 0 Å². The number of fused-ring (bicyclic) bond motifs is 1. The molecule has 0 bridgehead atoms. The molecule has 0 saturated heterocycles. The molecule has 68 valence electrons. The van der Waals surface area contributed by atoms with Crippen molar-refractivity contribution in [3.63, 3.8) is 0 Å². The molecule has 2 saturated carbocycles. The molecule has 0 N–H and O–H groups in total. The first kappa shape index (κ1) is 8.74. The third kappa shape index (κ3) is 1.46. The summed E-state index contributed by atoms with van der Waals surface area (Å²) in [7, 11) is 0. The summed E-state index contributed by atoms with van der Waals surface area (Å²) in [5, 5.41) is 0. The number of Topliss-reactive ketones (excluding diaryl/α,β-unsaturated/α-hetero) is 1. The third-order valence-corrected chi connectivity index (χ3v) is 4.50. The number of hydrogen-bond donors (Lipinski definition) is 0. The van der Waals surface area contributed by atoms with E-state index in [0.29, 0.717) is 22.4 Å². The molecule has 0 spiro atoms. The second-order valence-corrected chi connectivity index (χ2v) is 5.25. The molecule has 0 heterocycles. The number of rotatable bonds is 0. The van der Waals surface area contributed by atoms with Gasteiger partial charge in [0.1, 0.15) is 5.78 Å². The second kappa shape index (κ2) is 3.49. The summed E-state index contributed by atoms with van der Waals surface area (Å²) in [6.45, 7) is 0. The van der Waals surface area contributed by atoms with E-state index in [1.54, 1.807) is 0 Å². The van der Waals surface area contributed by atoms with E-state index in [4.69, 9.17) is 0 Å². The van der Waals surface area contributed by atoms with Gasteiger partial charge in [-0.3, -0.25) is 4.79 Å². The molecule has 2 rings (SSSR count). The molecule has 0 aromatic heterocycles. The van der Waals surface area contributed by atoms with Crippen molar-refractivity contribution in [3.8, 4) is 0 Å². The minimum atomic E-state index is 0.414. The maximum absolute atomic E-state index is 11.6. The van der Waals surface area contributed by atoms with Gasteiger partial charge in [0.15, 0.2) is 0 Å². The Morgan fingerprint density at radius 2 is 1.92 bits per heavy atom. The SMILES string of the molecule is O=C1CC[C@@H](Br)[C@H]2CCCC[C@H]12. The Labute approximate surface area is 82.0 Å². The molecule has 0 unspecified atom stereocenters. The van der Waals surface area contributed by atoms with Gasteiger partial charge in [-0.25, -0.2) is 0 Å². The summed E-state index contributed by atoms with van der Waals surface area (Å²) in [6.07, 6.45) is 6.91. The van der Waals surface area contributed by atoms with Crippen molar-refractivity contribution in [3.05, 3.63) is 0 Å². The molecule has 2 aliphatic carbocycles. The van der Waals surface area contributed by atoms with Crippen LogP contribution in [0.4, 0.5) is 0 Å². The van der Waals surface area contributed by atoms with Gasteiger partial charge in [0.2, 0.25) is 0 Å². The van der Waals surface area contributed by atoms with Crippen LogP contribution in [0, 0.1) is 11.8 Å². The fourth-order valence-electron chi connectivity index (χ4n) is 2.67. The zero-order valence-corrected chi connectivity index (χ0v) is 8.85. The van der Waals surface area contributed by atoms with Gasteiger partial charge in [-0.2, -0.15) is 0 Å². The summed E-state index contributed by atoms with van der Waals surface area (Å²) in [4.78, 5) is 12.2. The molecule has 1 nitrogen and oxygen atoms in total. The Morgan fingerprint density at radius 3 is 2.67 bits per heavy atom. The lowest BCUT2D eigenvalue weighted by atomic mass is 9.70. The molecule has 12 heavy (non-hydrogen) atoms. The van der Waals surface area contributed by atoms with Crippen molar-refractivity contribution in [1.82, 2.24) is 0 Å². The van der Waals surface area contributed by atoms with Crippen molar-refractivity contribution >= 4 is 21.7 Å². The zero-order valence-electron chi connectivity index (χ0n) is 7.26. The van der Waals surface area contributed by atoms with Crippen LogP contribution in [0.5, 0.6) is 0 Å². The van der Waals surface area contributed by atoms with Crippen molar-refractivity contribution in [2.75, 3.05) is 0 Å². The average Bonchev–Trinajstić information content (AvgIpc) is 2.12. The van der Waals surface area contributed by atoms with Gasteiger partial charge in [-0.1, -0.05) is 28.8 Å². The minimum absolute atomic E-state index is 0.414.